The second-order valence-electron chi connectivity index (χ2n) is 5.13. The van der Waals surface area contributed by atoms with Gasteiger partial charge in [-0.2, -0.15) is 0 Å². The molecule has 1 saturated carbocycles. The molecule has 1 fully saturated rings. The fourth-order valence-electron chi connectivity index (χ4n) is 2.66. The van der Waals surface area contributed by atoms with Crippen molar-refractivity contribution >= 4 is 21.8 Å². The normalized spacial score (nSPS) is 22.3. The maximum absolute atomic E-state index is 12.4. The quantitative estimate of drug-likeness (QED) is 0.862. The fraction of sp³-hybridized carbons (Fsp3) is 0.533. The van der Waals surface area contributed by atoms with Gasteiger partial charge in [-0.25, -0.2) is 0 Å². The number of ether oxygens (including phenoxy) is 1. The second kappa shape index (κ2) is 6.42. The van der Waals surface area contributed by atoms with Gasteiger partial charge < -0.3 is 10.1 Å². The lowest BCUT2D eigenvalue weighted by Crippen LogP contribution is -2.38. The van der Waals surface area contributed by atoms with Crippen molar-refractivity contribution in [3.05, 3.63) is 29.3 Å². The Bertz CT molecular complexity index is 461. The van der Waals surface area contributed by atoms with Gasteiger partial charge in [0.1, 0.15) is 5.75 Å². The predicted octanol–water partition coefficient (Wildman–Crippen LogP) is 3.30. The van der Waals surface area contributed by atoms with Gasteiger partial charge >= 0.3 is 0 Å². The molecule has 0 spiro atoms. The van der Waals surface area contributed by atoms with E-state index in [-0.39, 0.29) is 11.9 Å². The maximum Gasteiger partial charge on any atom is 0.255 e. The minimum absolute atomic E-state index is 0.0293. The van der Waals surface area contributed by atoms with Gasteiger partial charge in [-0.05, 0) is 37.8 Å². The van der Waals surface area contributed by atoms with Crippen molar-refractivity contribution in [2.24, 2.45) is 5.92 Å². The van der Waals surface area contributed by atoms with E-state index in [4.69, 9.17) is 4.74 Å². The summed E-state index contributed by atoms with van der Waals surface area (Å²) in [5.41, 5.74) is 1.69. The van der Waals surface area contributed by atoms with Gasteiger partial charge in [-0.3, -0.25) is 4.79 Å². The highest BCUT2D eigenvalue weighted by Gasteiger charge is 2.28. The largest absolute Gasteiger partial charge is 0.496 e. The topological polar surface area (TPSA) is 38.3 Å². The number of methoxy groups -OCH3 is 1. The van der Waals surface area contributed by atoms with Crippen LogP contribution in [0, 0.1) is 12.8 Å². The van der Waals surface area contributed by atoms with Crippen molar-refractivity contribution in [3.63, 3.8) is 0 Å². The molecule has 0 aliphatic heterocycles. The van der Waals surface area contributed by atoms with Crippen LogP contribution < -0.4 is 10.1 Å². The Hall–Kier alpha value is -1.03. The van der Waals surface area contributed by atoms with Crippen molar-refractivity contribution in [1.82, 2.24) is 5.32 Å². The highest BCUT2D eigenvalue weighted by Crippen LogP contribution is 2.28. The number of aryl methyl sites for hydroxylation is 1. The predicted molar refractivity (Wildman–Crippen MR) is 80.1 cm³/mol. The summed E-state index contributed by atoms with van der Waals surface area (Å²) in [6.45, 7) is 1.98. The Labute approximate surface area is 122 Å². The van der Waals surface area contributed by atoms with E-state index in [1.807, 2.05) is 25.1 Å². The van der Waals surface area contributed by atoms with Crippen LogP contribution in [0.25, 0.3) is 0 Å². The third-order valence-electron chi connectivity index (χ3n) is 3.77. The fourth-order valence-corrected chi connectivity index (χ4v) is 3.43. The highest BCUT2D eigenvalue weighted by atomic mass is 79.9. The van der Waals surface area contributed by atoms with E-state index in [1.54, 1.807) is 7.11 Å². The minimum Gasteiger partial charge on any atom is -0.496 e. The first-order chi connectivity index (χ1) is 9.15. The third-order valence-corrected chi connectivity index (χ3v) is 4.61. The number of carbonyl (C=O) groups excluding carboxylic acids is 1. The number of nitrogens with one attached hydrogen (secondary N) is 1. The summed E-state index contributed by atoms with van der Waals surface area (Å²) in [4.78, 5) is 12.4. The average molecular weight is 326 g/mol. The molecule has 0 saturated heterocycles. The van der Waals surface area contributed by atoms with E-state index in [0.717, 1.165) is 17.3 Å². The van der Waals surface area contributed by atoms with Gasteiger partial charge in [0.2, 0.25) is 0 Å². The monoisotopic (exact) mass is 325 g/mol. The zero-order valence-corrected chi connectivity index (χ0v) is 13.0. The summed E-state index contributed by atoms with van der Waals surface area (Å²) in [6, 6.07) is 5.96. The van der Waals surface area contributed by atoms with Crippen LogP contribution in [0.4, 0.5) is 0 Å². The number of alkyl halides is 1. The molecule has 19 heavy (non-hydrogen) atoms. The van der Waals surface area contributed by atoms with Crippen LogP contribution >= 0.6 is 15.9 Å². The number of rotatable bonds is 4. The Morgan fingerprint density at radius 3 is 2.95 bits per heavy atom. The highest BCUT2D eigenvalue weighted by molar-refractivity contribution is 9.09. The first kappa shape index (κ1) is 14.4. The van der Waals surface area contributed by atoms with Gasteiger partial charge in [0, 0.05) is 11.4 Å². The van der Waals surface area contributed by atoms with Gasteiger partial charge in [-0.1, -0.05) is 34.0 Å². The Kier molecular flexibility index (Phi) is 4.86. The molecule has 4 heteroatoms. The van der Waals surface area contributed by atoms with Crippen LogP contribution in [-0.4, -0.2) is 24.4 Å². The van der Waals surface area contributed by atoms with E-state index in [9.17, 15) is 4.79 Å². The van der Waals surface area contributed by atoms with Gasteiger partial charge in [0.15, 0.2) is 0 Å². The third kappa shape index (κ3) is 3.30. The van der Waals surface area contributed by atoms with Crippen LogP contribution in [0.5, 0.6) is 5.75 Å². The van der Waals surface area contributed by atoms with Crippen LogP contribution in [0.3, 0.4) is 0 Å². The number of carbonyl (C=O) groups is 1. The lowest BCUT2D eigenvalue weighted by molar-refractivity contribution is 0.0927. The average Bonchev–Trinajstić information content (AvgIpc) is 2.85. The Morgan fingerprint density at radius 2 is 2.26 bits per heavy atom. The van der Waals surface area contributed by atoms with E-state index in [2.05, 4.69) is 21.2 Å². The molecular formula is C15H20BrNO2. The van der Waals surface area contributed by atoms with Crippen molar-refractivity contribution in [2.45, 2.75) is 32.2 Å². The van der Waals surface area contributed by atoms with Crippen molar-refractivity contribution < 1.29 is 9.53 Å². The van der Waals surface area contributed by atoms with E-state index in [0.29, 0.717) is 17.2 Å². The number of benzene rings is 1. The molecular weight excluding hydrogens is 306 g/mol. The van der Waals surface area contributed by atoms with Crippen LogP contribution in [-0.2, 0) is 0 Å². The van der Waals surface area contributed by atoms with Crippen LogP contribution in [0.2, 0.25) is 0 Å². The molecule has 3 nitrogen and oxygen atoms in total. The first-order valence-electron chi connectivity index (χ1n) is 6.67. The standard InChI is InChI=1S/C15H20BrNO2/c1-10-6-7-14(19-2)12(8-10)15(18)17-13-5-3-4-11(13)9-16/h6-8,11,13H,3-5,9H2,1-2H3,(H,17,18). The lowest BCUT2D eigenvalue weighted by atomic mass is 10.0. The molecule has 0 radical (unpaired) electrons. The molecule has 2 atom stereocenters. The van der Waals surface area contributed by atoms with E-state index < -0.39 is 0 Å². The molecule has 1 aliphatic rings. The van der Waals surface area contributed by atoms with E-state index >= 15 is 0 Å². The SMILES string of the molecule is COc1ccc(C)cc1C(=O)NC1CCCC1CBr. The first-order valence-corrected chi connectivity index (χ1v) is 7.79. The summed E-state index contributed by atoms with van der Waals surface area (Å²) < 4.78 is 5.27. The molecule has 0 heterocycles. The summed E-state index contributed by atoms with van der Waals surface area (Å²) in [5, 5.41) is 4.10. The maximum atomic E-state index is 12.4. The number of hydrogen-bond acceptors (Lipinski definition) is 2. The molecule has 0 aromatic heterocycles. The molecule has 0 bridgehead atoms. The molecule has 1 aliphatic carbocycles. The molecule has 2 rings (SSSR count). The summed E-state index contributed by atoms with van der Waals surface area (Å²) >= 11 is 3.53. The number of hydrogen-bond donors (Lipinski definition) is 1. The smallest absolute Gasteiger partial charge is 0.255 e. The summed E-state index contributed by atoms with van der Waals surface area (Å²) in [6.07, 6.45) is 3.43. The van der Waals surface area contributed by atoms with Crippen molar-refractivity contribution in [1.29, 1.82) is 0 Å². The molecule has 2 unspecified atom stereocenters. The van der Waals surface area contributed by atoms with Crippen molar-refractivity contribution in [2.75, 3.05) is 12.4 Å². The molecule has 1 N–H and O–H groups in total. The molecule has 1 aromatic rings. The zero-order chi connectivity index (χ0) is 13.8. The number of halogens is 1. The van der Waals surface area contributed by atoms with Gasteiger partial charge in [0.05, 0.1) is 12.7 Å². The second-order valence-corrected chi connectivity index (χ2v) is 5.78. The van der Waals surface area contributed by atoms with Crippen LogP contribution in [0.15, 0.2) is 18.2 Å². The van der Waals surface area contributed by atoms with E-state index in [1.165, 1.54) is 12.8 Å². The summed E-state index contributed by atoms with van der Waals surface area (Å²) in [7, 11) is 1.60. The van der Waals surface area contributed by atoms with Crippen LogP contribution in [0.1, 0.15) is 35.2 Å². The Morgan fingerprint density at radius 1 is 1.47 bits per heavy atom. The van der Waals surface area contributed by atoms with Crippen molar-refractivity contribution in [3.8, 4) is 5.75 Å². The van der Waals surface area contributed by atoms with Gasteiger partial charge in [0.25, 0.3) is 5.91 Å². The summed E-state index contributed by atoms with van der Waals surface area (Å²) in [5.74, 6) is 1.15. The van der Waals surface area contributed by atoms with Gasteiger partial charge in [-0.15, -0.1) is 0 Å². The zero-order valence-electron chi connectivity index (χ0n) is 11.4. The lowest BCUT2D eigenvalue weighted by Gasteiger charge is -2.20. The molecule has 1 amide bonds. The molecule has 1 aromatic carbocycles. The Balaban J connectivity index is 2.13. The molecule has 104 valence electrons. The minimum atomic E-state index is -0.0293. The number of amides is 1.